The van der Waals surface area contributed by atoms with E-state index in [9.17, 15) is 4.79 Å². The van der Waals surface area contributed by atoms with Crippen molar-refractivity contribution in [1.82, 2.24) is 14.8 Å². The number of primary amides is 1. The molecule has 0 aliphatic carbocycles. The number of carbonyl (C=O) groups is 1. The zero-order valence-corrected chi connectivity index (χ0v) is 13.2. The minimum Gasteiger partial charge on any atom is -0.364 e. The molecule has 0 atom stereocenters. The van der Waals surface area contributed by atoms with Gasteiger partial charge in [0.25, 0.3) is 5.91 Å². The number of hydrogen-bond donors (Lipinski definition) is 2. The lowest BCUT2D eigenvalue weighted by molar-refractivity contribution is 0.0993. The maximum absolute atomic E-state index is 11.5. The van der Waals surface area contributed by atoms with Crippen molar-refractivity contribution in [3.05, 3.63) is 72.1 Å². The molecule has 118 valence electrons. The van der Waals surface area contributed by atoms with Crippen LogP contribution in [0, 0.1) is 6.92 Å². The van der Waals surface area contributed by atoms with Crippen LogP contribution in [0.2, 0.25) is 0 Å². The Labute approximate surface area is 138 Å². The standard InChI is InChI=1S/C19H16N4O/c1-12-4-2-3-5-15(12)17-10-13-6-7-14(11-16(13)22-17)23-18(19(20)24)8-9-21-23/h2-11,22H,1H3,(H2,20,24). The topological polar surface area (TPSA) is 76.7 Å². The highest BCUT2D eigenvalue weighted by atomic mass is 16.1. The van der Waals surface area contributed by atoms with Gasteiger partial charge in [-0.15, -0.1) is 0 Å². The molecule has 0 aliphatic heterocycles. The molecule has 0 bridgehead atoms. The Bertz CT molecular complexity index is 1060. The van der Waals surface area contributed by atoms with Crippen molar-refractivity contribution in [2.24, 2.45) is 5.73 Å². The molecule has 2 aromatic carbocycles. The molecule has 0 radical (unpaired) electrons. The molecule has 0 spiro atoms. The number of nitrogens with zero attached hydrogens (tertiary/aromatic N) is 2. The van der Waals surface area contributed by atoms with Crippen molar-refractivity contribution < 1.29 is 4.79 Å². The van der Waals surface area contributed by atoms with Crippen LogP contribution in [0.15, 0.2) is 60.8 Å². The summed E-state index contributed by atoms with van der Waals surface area (Å²) in [7, 11) is 0. The van der Waals surface area contributed by atoms with E-state index in [-0.39, 0.29) is 0 Å². The lowest BCUT2D eigenvalue weighted by Crippen LogP contribution is -2.16. The normalized spacial score (nSPS) is 11.0. The molecule has 5 heteroatoms. The van der Waals surface area contributed by atoms with Crippen molar-refractivity contribution in [3.63, 3.8) is 0 Å². The lowest BCUT2D eigenvalue weighted by atomic mass is 10.1. The number of rotatable bonds is 3. The van der Waals surface area contributed by atoms with Crippen LogP contribution in [0.25, 0.3) is 27.8 Å². The third kappa shape index (κ3) is 2.27. The molecule has 2 aromatic heterocycles. The van der Waals surface area contributed by atoms with E-state index < -0.39 is 5.91 Å². The molecule has 4 aromatic rings. The first-order chi connectivity index (χ1) is 11.6. The monoisotopic (exact) mass is 316 g/mol. The Hall–Kier alpha value is -3.34. The van der Waals surface area contributed by atoms with Crippen molar-refractivity contribution in [3.8, 4) is 16.9 Å². The highest BCUT2D eigenvalue weighted by molar-refractivity contribution is 5.92. The smallest absolute Gasteiger partial charge is 0.267 e. The van der Waals surface area contributed by atoms with Crippen LogP contribution in [0.3, 0.4) is 0 Å². The summed E-state index contributed by atoms with van der Waals surface area (Å²) in [4.78, 5) is 14.9. The van der Waals surface area contributed by atoms with Gasteiger partial charge in [-0.2, -0.15) is 5.10 Å². The van der Waals surface area contributed by atoms with Gasteiger partial charge in [0.1, 0.15) is 5.69 Å². The number of H-pyrrole nitrogens is 1. The Morgan fingerprint density at radius 1 is 1.12 bits per heavy atom. The van der Waals surface area contributed by atoms with Crippen LogP contribution in [-0.4, -0.2) is 20.7 Å². The van der Waals surface area contributed by atoms with Crippen LogP contribution in [0.4, 0.5) is 0 Å². The van der Waals surface area contributed by atoms with Crippen molar-refractivity contribution >= 4 is 16.8 Å². The molecular weight excluding hydrogens is 300 g/mol. The fraction of sp³-hybridized carbons (Fsp3) is 0.0526. The van der Waals surface area contributed by atoms with E-state index in [0.717, 1.165) is 22.3 Å². The fourth-order valence-electron chi connectivity index (χ4n) is 2.96. The number of aromatic nitrogens is 3. The molecular formula is C19H16N4O. The summed E-state index contributed by atoms with van der Waals surface area (Å²) in [6, 6.07) is 17.9. The number of hydrogen-bond acceptors (Lipinski definition) is 2. The van der Waals surface area contributed by atoms with Crippen LogP contribution < -0.4 is 5.73 Å². The number of benzene rings is 2. The van der Waals surface area contributed by atoms with E-state index in [1.165, 1.54) is 11.1 Å². The van der Waals surface area contributed by atoms with Crippen molar-refractivity contribution in [2.45, 2.75) is 6.92 Å². The number of aryl methyl sites for hydroxylation is 1. The first kappa shape index (κ1) is 14.3. The van der Waals surface area contributed by atoms with Crippen molar-refractivity contribution in [1.29, 1.82) is 0 Å². The van der Waals surface area contributed by atoms with E-state index in [1.807, 2.05) is 30.3 Å². The van der Waals surface area contributed by atoms with Gasteiger partial charge in [-0.3, -0.25) is 4.79 Å². The molecule has 0 saturated carbocycles. The zero-order valence-electron chi connectivity index (χ0n) is 13.2. The number of aromatic amines is 1. The Morgan fingerprint density at radius 2 is 1.96 bits per heavy atom. The summed E-state index contributed by atoms with van der Waals surface area (Å²) in [5.74, 6) is -0.500. The Kier molecular flexibility index (Phi) is 3.20. The summed E-state index contributed by atoms with van der Waals surface area (Å²) < 4.78 is 1.55. The minimum absolute atomic E-state index is 0.361. The largest absolute Gasteiger partial charge is 0.364 e. The molecule has 0 fully saturated rings. The molecule has 2 heterocycles. The van der Waals surface area contributed by atoms with E-state index >= 15 is 0 Å². The molecule has 1 amide bonds. The predicted molar refractivity (Wildman–Crippen MR) is 94.1 cm³/mol. The van der Waals surface area contributed by atoms with Gasteiger partial charge in [0, 0.05) is 22.2 Å². The van der Waals surface area contributed by atoms with E-state index in [0.29, 0.717) is 5.69 Å². The molecule has 0 aliphatic rings. The van der Waals surface area contributed by atoms with Crippen LogP contribution in [0.5, 0.6) is 0 Å². The number of fused-ring (bicyclic) bond motifs is 1. The molecule has 0 unspecified atom stereocenters. The second-order valence-corrected chi connectivity index (χ2v) is 5.76. The number of amides is 1. The third-order valence-corrected chi connectivity index (χ3v) is 4.18. The van der Waals surface area contributed by atoms with Gasteiger partial charge in [-0.05, 0) is 36.8 Å². The average molecular weight is 316 g/mol. The molecule has 24 heavy (non-hydrogen) atoms. The zero-order chi connectivity index (χ0) is 16.7. The van der Waals surface area contributed by atoms with Crippen LogP contribution in [-0.2, 0) is 0 Å². The summed E-state index contributed by atoms with van der Waals surface area (Å²) in [6.07, 6.45) is 1.57. The fourth-order valence-corrected chi connectivity index (χ4v) is 2.96. The van der Waals surface area contributed by atoms with E-state index in [2.05, 4.69) is 35.2 Å². The molecule has 0 saturated heterocycles. The van der Waals surface area contributed by atoms with Gasteiger partial charge < -0.3 is 10.7 Å². The van der Waals surface area contributed by atoms with Gasteiger partial charge in [-0.25, -0.2) is 4.68 Å². The molecule has 4 rings (SSSR count). The van der Waals surface area contributed by atoms with Gasteiger partial charge in [0.2, 0.25) is 0 Å². The summed E-state index contributed by atoms with van der Waals surface area (Å²) in [5.41, 5.74) is 11.0. The van der Waals surface area contributed by atoms with Gasteiger partial charge in [-0.1, -0.05) is 30.3 Å². The van der Waals surface area contributed by atoms with E-state index in [4.69, 9.17) is 5.73 Å². The predicted octanol–water partition coefficient (Wildman–Crippen LogP) is 3.43. The van der Waals surface area contributed by atoms with Gasteiger partial charge in [0.05, 0.1) is 11.9 Å². The Balaban J connectivity index is 1.84. The Morgan fingerprint density at radius 3 is 2.75 bits per heavy atom. The quantitative estimate of drug-likeness (QED) is 0.607. The summed E-state index contributed by atoms with van der Waals surface area (Å²) >= 11 is 0. The second-order valence-electron chi connectivity index (χ2n) is 5.76. The molecule has 5 nitrogen and oxygen atoms in total. The number of nitrogens with two attached hydrogens (primary N) is 1. The van der Waals surface area contributed by atoms with Crippen LogP contribution >= 0.6 is 0 Å². The van der Waals surface area contributed by atoms with Gasteiger partial charge in [0.15, 0.2) is 0 Å². The van der Waals surface area contributed by atoms with Crippen LogP contribution in [0.1, 0.15) is 16.1 Å². The first-order valence-electron chi connectivity index (χ1n) is 7.66. The SMILES string of the molecule is Cc1ccccc1-c1cc2ccc(-n3nccc3C(N)=O)cc2[nH]1. The average Bonchev–Trinajstić information content (AvgIpc) is 3.21. The summed E-state index contributed by atoms with van der Waals surface area (Å²) in [6.45, 7) is 2.09. The third-order valence-electron chi connectivity index (χ3n) is 4.18. The van der Waals surface area contributed by atoms with Gasteiger partial charge >= 0.3 is 0 Å². The molecule has 3 N–H and O–H groups in total. The highest BCUT2D eigenvalue weighted by Crippen LogP contribution is 2.27. The number of carbonyl (C=O) groups excluding carboxylic acids is 1. The van der Waals surface area contributed by atoms with E-state index in [1.54, 1.807) is 16.9 Å². The maximum Gasteiger partial charge on any atom is 0.267 e. The maximum atomic E-state index is 11.5. The van der Waals surface area contributed by atoms with Crippen molar-refractivity contribution in [2.75, 3.05) is 0 Å². The minimum atomic E-state index is -0.500. The first-order valence-corrected chi connectivity index (χ1v) is 7.66. The lowest BCUT2D eigenvalue weighted by Gasteiger charge is -2.05. The highest BCUT2D eigenvalue weighted by Gasteiger charge is 2.11. The second kappa shape index (κ2) is 5.38. The number of nitrogens with one attached hydrogen (secondary N) is 1. The summed E-state index contributed by atoms with van der Waals surface area (Å²) in [5, 5.41) is 5.30.